The van der Waals surface area contributed by atoms with Crippen LogP contribution < -0.4 is 4.90 Å². The number of rotatable bonds is 2. The summed E-state index contributed by atoms with van der Waals surface area (Å²) in [6.07, 6.45) is -3.03. The van der Waals surface area contributed by atoms with Gasteiger partial charge in [-0.1, -0.05) is 18.2 Å². The van der Waals surface area contributed by atoms with Crippen LogP contribution in [0.4, 0.5) is 18.9 Å². The molecule has 0 saturated carbocycles. The highest BCUT2D eigenvalue weighted by atomic mass is 19.4. The molecule has 1 aromatic carbocycles. The molecule has 0 aliphatic carbocycles. The molecule has 0 N–H and O–H groups in total. The Morgan fingerprint density at radius 3 is 2.63 bits per heavy atom. The monoisotopic (exact) mass is 265 g/mol. The first kappa shape index (κ1) is 13.1. The maximum atomic E-state index is 12.5. The van der Waals surface area contributed by atoms with Crippen molar-refractivity contribution in [3.05, 3.63) is 36.0 Å². The molecular weight excluding hydrogens is 255 g/mol. The molecule has 0 atom stereocenters. The minimum absolute atomic E-state index is 0.130. The summed E-state index contributed by atoms with van der Waals surface area (Å²) < 4.78 is 37.5. The smallest absolute Gasteiger partial charge is 0.364 e. The van der Waals surface area contributed by atoms with Crippen molar-refractivity contribution in [1.82, 2.24) is 4.98 Å². The molecular formula is C13H10F3N3. The van der Waals surface area contributed by atoms with Crippen LogP contribution in [0.15, 0.2) is 30.5 Å². The Kier molecular flexibility index (Phi) is 3.30. The van der Waals surface area contributed by atoms with Crippen LogP contribution in [0.25, 0.3) is 10.9 Å². The third kappa shape index (κ3) is 2.76. The molecule has 0 amide bonds. The van der Waals surface area contributed by atoms with Crippen molar-refractivity contribution in [1.29, 1.82) is 5.26 Å². The Labute approximate surface area is 107 Å². The minimum Gasteiger partial charge on any atom is -0.364 e. The second-order valence-corrected chi connectivity index (χ2v) is 4.12. The zero-order valence-electron chi connectivity index (χ0n) is 10.1. The van der Waals surface area contributed by atoms with E-state index in [1.165, 1.54) is 13.2 Å². The lowest BCUT2D eigenvalue weighted by Gasteiger charge is -2.23. The summed E-state index contributed by atoms with van der Waals surface area (Å²) in [7, 11) is 1.32. The average molecular weight is 265 g/mol. The third-order valence-corrected chi connectivity index (χ3v) is 2.67. The minimum atomic E-state index is -4.33. The predicted octanol–water partition coefficient (Wildman–Crippen LogP) is 3.10. The molecule has 6 heteroatoms. The summed E-state index contributed by atoms with van der Waals surface area (Å²) >= 11 is 0. The van der Waals surface area contributed by atoms with Gasteiger partial charge in [0.1, 0.15) is 12.6 Å². The van der Waals surface area contributed by atoms with Gasteiger partial charge < -0.3 is 4.90 Å². The Morgan fingerprint density at radius 2 is 2.00 bits per heavy atom. The number of aromatic nitrogens is 1. The van der Waals surface area contributed by atoms with Gasteiger partial charge in [0.25, 0.3) is 0 Å². The van der Waals surface area contributed by atoms with Gasteiger partial charge in [-0.15, -0.1) is 0 Å². The quantitative estimate of drug-likeness (QED) is 0.837. The molecule has 98 valence electrons. The number of hydrogen-bond donors (Lipinski definition) is 0. The van der Waals surface area contributed by atoms with E-state index < -0.39 is 12.7 Å². The molecule has 1 heterocycles. The van der Waals surface area contributed by atoms with E-state index in [1.807, 2.05) is 6.07 Å². The zero-order chi connectivity index (χ0) is 14.0. The SMILES string of the molecule is CN(CC(F)(F)F)c1c(C#N)cnc2ccccc12. The van der Waals surface area contributed by atoms with Crippen molar-refractivity contribution < 1.29 is 13.2 Å². The van der Waals surface area contributed by atoms with E-state index in [0.717, 1.165) is 4.90 Å². The largest absolute Gasteiger partial charge is 0.405 e. The normalized spacial score (nSPS) is 11.3. The molecule has 2 aromatic rings. The summed E-state index contributed by atoms with van der Waals surface area (Å²) in [4.78, 5) is 5.09. The van der Waals surface area contributed by atoms with Gasteiger partial charge in [0.15, 0.2) is 0 Å². The second kappa shape index (κ2) is 4.76. The van der Waals surface area contributed by atoms with E-state index in [9.17, 15) is 13.2 Å². The number of halogens is 3. The number of pyridine rings is 1. The van der Waals surface area contributed by atoms with Crippen LogP contribution in [0.1, 0.15) is 5.56 Å². The lowest BCUT2D eigenvalue weighted by atomic mass is 10.1. The van der Waals surface area contributed by atoms with Crippen LogP contribution in [0.5, 0.6) is 0 Å². The Bertz CT molecular complexity index is 644. The number of hydrogen-bond acceptors (Lipinski definition) is 3. The lowest BCUT2D eigenvalue weighted by Crippen LogP contribution is -2.31. The predicted molar refractivity (Wildman–Crippen MR) is 65.8 cm³/mol. The van der Waals surface area contributed by atoms with Gasteiger partial charge in [0.05, 0.1) is 16.8 Å². The summed E-state index contributed by atoms with van der Waals surface area (Å²) in [5.41, 5.74) is 0.946. The summed E-state index contributed by atoms with van der Waals surface area (Å²) in [5, 5.41) is 9.56. The third-order valence-electron chi connectivity index (χ3n) is 2.67. The second-order valence-electron chi connectivity index (χ2n) is 4.12. The van der Waals surface area contributed by atoms with Gasteiger partial charge in [-0.05, 0) is 6.07 Å². The highest BCUT2D eigenvalue weighted by molar-refractivity contribution is 5.94. The van der Waals surface area contributed by atoms with Crippen molar-refractivity contribution in [3.8, 4) is 6.07 Å². The summed E-state index contributed by atoms with van der Waals surface area (Å²) in [6.45, 7) is -1.12. The molecule has 0 saturated heterocycles. The molecule has 0 radical (unpaired) electrons. The number of nitrogens with zero attached hydrogens (tertiary/aromatic N) is 3. The number of benzene rings is 1. The molecule has 2 rings (SSSR count). The van der Waals surface area contributed by atoms with Crippen LogP contribution in [0, 0.1) is 11.3 Å². The first-order valence-corrected chi connectivity index (χ1v) is 5.48. The number of fused-ring (bicyclic) bond motifs is 1. The molecule has 0 unspecified atom stereocenters. The number of nitriles is 1. The maximum absolute atomic E-state index is 12.5. The maximum Gasteiger partial charge on any atom is 0.405 e. The Morgan fingerprint density at radius 1 is 1.32 bits per heavy atom. The van der Waals surface area contributed by atoms with Crippen LogP contribution in [0.2, 0.25) is 0 Å². The van der Waals surface area contributed by atoms with E-state index in [2.05, 4.69) is 4.98 Å². The molecule has 1 aromatic heterocycles. The number of para-hydroxylation sites is 1. The van der Waals surface area contributed by atoms with Gasteiger partial charge in [0.2, 0.25) is 0 Å². The highest BCUT2D eigenvalue weighted by Crippen LogP contribution is 2.30. The van der Waals surface area contributed by atoms with Crippen molar-refractivity contribution in [2.75, 3.05) is 18.5 Å². The van der Waals surface area contributed by atoms with E-state index >= 15 is 0 Å². The van der Waals surface area contributed by atoms with Crippen LogP contribution >= 0.6 is 0 Å². The van der Waals surface area contributed by atoms with E-state index in [-0.39, 0.29) is 11.3 Å². The molecule has 19 heavy (non-hydrogen) atoms. The number of alkyl halides is 3. The first-order valence-electron chi connectivity index (χ1n) is 5.48. The van der Waals surface area contributed by atoms with E-state index in [1.54, 1.807) is 24.3 Å². The van der Waals surface area contributed by atoms with Crippen LogP contribution in [-0.4, -0.2) is 24.8 Å². The molecule has 0 bridgehead atoms. The van der Waals surface area contributed by atoms with Crippen molar-refractivity contribution in [3.63, 3.8) is 0 Å². The van der Waals surface area contributed by atoms with E-state index in [4.69, 9.17) is 5.26 Å². The van der Waals surface area contributed by atoms with Crippen molar-refractivity contribution in [2.45, 2.75) is 6.18 Å². The van der Waals surface area contributed by atoms with E-state index in [0.29, 0.717) is 10.9 Å². The van der Waals surface area contributed by atoms with Gasteiger partial charge in [-0.3, -0.25) is 4.98 Å². The Hall–Kier alpha value is -2.29. The van der Waals surface area contributed by atoms with Crippen LogP contribution in [-0.2, 0) is 0 Å². The number of anilines is 1. The molecule has 0 aliphatic rings. The van der Waals surface area contributed by atoms with Gasteiger partial charge in [0, 0.05) is 18.6 Å². The van der Waals surface area contributed by atoms with Gasteiger partial charge in [-0.2, -0.15) is 18.4 Å². The molecule has 0 aliphatic heterocycles. The Balaban J connectivity index is 2.60. The van der Waals surface area contributed by atoms with Crippen molar-refractivity contribution in [2.24, 2.45) is 0 Å². The zero-order valence-corrected chi connectivity index (χ0v) is 10.1. The fourth-order valence-corrected chi connectivity index (χ4v) is 1.97. The topological polar surface area (TPSA) is 39.9 Å². The summed E-state index contributed by atoms with van der Waals surface area (Å²) in [5.74, 6) is 0. The fraction of sp³-hybridized carbons (Fsp3) is 0.231. The summed E-state index contributed by atoms with van der Waals surface area (Å²) in [6, 6.07) is 8.69. The molecule has 3 nitrogen and oxygen atoms in total. The average Bonchev–Trinajstić information content (AvgIpc) is 2.35. The lowest BCUT2D eigenvalue weighted by molar-refractivity contribution is -0.119. The first-order chi connectivity index (χ1) is 8.92. The fourth-order valence-electron chi connectivity index (χ4n) is 1.97. The molecule has 0 spiro atoms. The van der Waals surface area contributed by atoms with Crippen LogP contribution in [0.3, 0.4) is 0 Å². The standard InChI is InChI=1S/C13H10F3N3/c1-19(8-13(14,15)16)12-9(6-17)7-18-11-5-3-2-4-10(11)12/h2-5,7H,8H2,1H3. The molecule has 0 fully saturated rings. The van der Waals surface area contributed by atoms with Gasteiger partial charge in [-0.25, -0.2) is 0 Å². The van der Waals surface area contributed by atoms with Crippen molar-refractivity contribution >= 4 is 16.6 Å². The highest BCUT2D eigenvalue weighted by Gasteiger charge is 2.30. The van der Waals surface area contributed by atoms with Gasteiger partial charge >= 0.3 is 6.18 Å².